The molecule has 30 heavy (non-hydrogen) atoms. The minimum atomic E-state index is -4.39. The summed E-state index contributed by atoms with van der Waals surface area (Å²) in [5, 5.41) is 16.2. The normalized spacial score (nSPS) is 12.8. The third kappa shape index (κ3) is 13.1. The number of alkyl halides is 3. The molecule has 0 saturated heterocycles. The van der Waals surface area contributed by atoms with Crippen LogP contribution in [0.2, 0.25) is 0 Å². The summed E-state index contributed by atoms with van der Waals surface area (Å²) in [5.74, 6) is 0.803. The van der Waals surface area contributed by atoms with Crippen molar-refractivity contribution >= 4 is 29.9 Å². The SMILES string of the molecule is CCNC(=NCC(O)COc1ccc(C(F)(F)F)cc1)NCCCOCCOC.I. The van der Waals surface area contributed by atoms with E-state index in [-0.39, 0.29) is 42.9 Å². The number of benzene rings is 1. The average Bonchev–Trinajstić information content (AvgIpc) is 2.69. The minimum Gasteiger partial charge on any atom is -0.491 e. The summed E-state index contributed by atoms with van der Waals surface area (Å²) in [6.07, 6.45) is -4.50. The van der Waals surface area contributed by atoms with Crippen LogP contribution >= 0.6 is 24.0 Å². The Morgan fingerprint density at radius 2 is 1.83 bits per heavy atom. The molecule has 3 N–H and O–H groups in total. The van der Waals surface area contributed by atoms with Crippen LogP contribution in [0.1, 0.15) is 18.9 Å². The fraction of sp³-hybridized carbons (Fsp3) is 0.632. The molecule has 0 aromatic heterocycles. The predicted molar refractivity (Wildman–Crippen MR) is 120 cm³/mol. The number of nitrogens with one attached hydrogen (secondary N) is 2. The van der Waals surface area contributed by atoms with Crippen molar-refractivity contribution in [3.63, 3.8) is 0 Å². The van der Waals surface area contributed by atoms with E-state index in [9.17, 15) is 18.3 Å². The zero-order chi connectivity index (χ0) is 21.5. The first kappa shape index (κ1) is 28.7. The van der Waals surface area contributed by atoms with Crippen molar-refractivity contribution in [2.24, 2.45) is 4.99 Å². The Kier molecular flexibility index (Phi) is 15.7. The molecule has 1 aromatic rings. The molecule has 1 atom stereocenters. The Balaban J connectivity index is 0.00000841. The lowest BCUT2D eigenvalue weighted by atomic mass is 10.2. The maximum Gasteiger partial charge on any atom is 0.416 e. The lowest BCUT2D eigenvalue weighted by Crippen LogP contribution is -2.39. The molecule has 0 aliphatic carbocycles. The first-order valence-corrected chi connectivity index (χ1v) is 9.43. The van der Waals surface area contributed by atoms with Crippen LogP contribution < -0.4 is 15.4 Å². The van der Waals surface area contributed by atoms with Crippen LogP contribution in [0.15, 0.2) is 29.3 Å². The minimum absolute atomic E-state index is 0. The second-order valence-electron chi connectivity index (χ2n) is 6.09. The van der Waals surface area contributed by atoms with Gasteiger partial charge >= 0.3 is 6.18 Å². The zero-order valence-electron chi connectivity index (χ0n) is 17.2. The third-order valence-corrected chi connectivity index (χ3v) is 3.62. The van der Waals surface area contributed by atoms with Crippen molar-refractivity contribution in [3.8, 4) is 5.75 Å². The second kappa shape index (κ2) is 16.4. The number of methoxy groups -OCH3 is 1. The standard InChI is InChI=1S/C19H30F3N3O4.HI/c1-3-23-18(24-9-4-10-28-12-11-27-2)25-13-16(26)14-29-17-7-5-15(6-8-17)19(20,21)22;/h5-8,16,26H,3-4,9-14H2,1-2H3,(H2,23,24,25);1H. The molecule has 0 aliphatic heterocycles. The van der Waals surface area contributed by atoms with Crippen molar-refractivity contribution in [1.29, 1.82) is 0 Å². The number of ether oxygens (including phenoxy) is 3. The number of hydrogen-bond donors (Lipinski definition) is 3. The van der Waals surface area contributed by atoms with Crippen LogP contribution in [-0.2, 0) is 15.7 Å². The summed E-state index contributed by atoms with van der Waals surface area (Å²) >= 11 is 0. The Morgan fingerprint density at radius 1 is 1.13 bits per heavy atom. The highest BCUT2D eigenvalue weighted by atomic mass is 127. The topological polar surface area (TPSA) is 84.3 Å². The first-order valence-electron chi connectivity index (χ1n) is 9.43. The Hall–Kier alpha value is -1.31. The molecule has 1 rings (SSSR count). The number of aliphatic hydroxyl groups excluding tert-OH is 1. The van der Waals surface area contributed by atoms with E-state index in [2.05, 4.69) is 15.6 Å². The van der Waals surface area contributed by atoms with Gasteiger partial charge in [0.15, 0.2) is 5.96 Å². The molecule has 0 aliphatic rings. The number of halogens is 4. The summed E-state index contributed by atoms with van der Waals surface area (Å²) in [4.78, 5) is 4.27. The predicted octanol–water partition coefficient (Wildman–Crippen LogP) is 2.67. The van der Waals surface area contributed by atoms with Crippen LogP contribution in [0.25, 0.3) is 0 Å². The molecule has 1 unspecified atom stereocenters. The molecule has 0 spiro atoms. The van der Waals surface area contributed by atoms with Crippen LogP contribution in [-0.4, -0.2) is 70.3 Å². The zero-order valence-corrected chi connectivity index (χ0v) is 19.5. The molecule has 0 bridgehead atoms. The van der Waals surface area contributed by atoms with Crippen molar-refractivity contribution in [3.05, 3.63) is 29.8 Å². The van der Waals surface area contributed by atoms with E-state index in [0.717, 1.165) is 18.6 Å². The molecule has 0 radical (unpaired) electrons. The quantitative estimate of drug-likeness (QED) is 0.152. The van der Waals surface area contributed by atoms with E-state index in [1.807, 2.05) is 6.92 Å². The second-order valence-corrected chi connectivity index (χ2v) is 6.09. The van der Waals surface area contributed by atoms with E-state index in [1.54, 1.807) is 7.11 Å². The number of rotatable bonds is 13. The van der Waals surface area contributed by atoms with Gasteiger partial charge in [0, 0.05) is 26.8 Å². The highest BCUT2D eigenvalue weighted by Crippen LogP contribution is 2.30. The molecule has 0 saturated carbocycles. The Morgan fingerprint density at radius 3 is 2.43 bits per heavy atom. The van der Waals surface area contributed by atoms with Gasteiger partial charge in [0.25, 0.3) is 0 Å². The maximum atomic E-state index is 12.5. The van der Waals surface area contributed by atoms with Crippen molar-refractivity contribution in [2.45, 2.75) is 25.6 Å². The summed E-state index contributed by atoms with van der Waals surface area (Å²) in [6, 6.07) is 4.32. The summed E-state index contributed by atoms with van der Waals surface area (Å²) in [6.45, 7) is 4.95. The van der Waals surface area contributed by atoms with E-state index < -0.39 is 17.8 Å². The van der Waals surface area contributed by atoms with E-state index >= 15 is 0 Å². The van der Waals surface area contributed by atoms with Crippen LogP contribution in [0, 0.1) is 0 Å². The van der Waals surface area contributed by atoms with E-state index in [4.69, 9.17) is 14.2 Å². The van der Waals surface area contributed by atoms with Crippen molar-refractivity contribution in [2.75, 3.05) is 53.2 Å². The highest BCUT2D eigenvalue weighted by Gasteiger charge is 2.30. The number of aliphatic imine (C=N–C) groups is 1. The van der Waals surface area contributed by atoms with Gasteiger partial charge in [0.05, 0.1) is 25.3 Å². The van der Waals surface area contributed by atoms with Gasteiger partial charge in [-0.3, -0.25) is 4.99 Å². The van der Waals surface area contributed by atoms with Crippen LogP contribution in [0.4, 0.5) is 13.2 Å². The van der Waals surface area contributed by atoms with Crippen molar-refractivity contribution < 1.29 is 32.5 Å². The van der Waals surface area contributed by atoms with Crippen LogP contribution in [0.5, 0.6) is 5.75 Å². The van der Waals surface area contributed by atoms with Crippen LogP contribution in [0.3, 0.4) is 0 Å². The molecule has 174 valence electrons. The molecular weight excluding hydrogens is 518 g/mol. The number of nitrogens with zero attached hydrogens (tertiary/aromatic N) is 1. The lowest BCUT2D eigenvalue weighted by molar-refractivity contribution is -0.137. The monoisotopic (exact) mass is 549 g/mol. The maximum absolute atomic E-state index is 12.5. The highest BCUT2D eigenvalue weighted by molar-refractivity contribution is 14.0. The summed E-state index contributed by atoms with van der Waals surface area (Å²) in [5.41, 5.74) is -0.750. The van der Waals surface area contributed by atoms with Gasteiger partial charge in [0.2, 0.25) is 0 Å². The fourth-order valence-electron chi connectivity index (χ4n) is 2.15. The first-order chi connectivity index (χ1) is 13.9. The number of aliphatic hydroxyl groups is 1. The largest absolute Gasteiger partial charge is 0.491 e. The average molecular weight is 549 g/mol. The number of hydrogen-bond acceptors (Lipinski definition) is 5. The van der Waals surface area contributed by atoms with Crippen molar-refractivity contribution in [1.82, 2.24) is 10.6 Å². The van der Waals surface area contributed by atoms with Gasteiger partial charge in [-0.15, -0.1) is 24.0 Å². The molecule has 0 fully saturated rings. The molecule has 7 nitrogen and oxygen atoms in total. The van der Waals surface area contributed by atoms with E-state index in [0.29, 0.717) is 38.9 Å². The number of guanidine groups is 1. The summed E-state index contributed by atoms with van der Waals surface area (Å²) in [7, 11) is 1.62. The summed E-state index contributed by atoms with van der Waals surface area (Å²) < 4.78 is 53.2. The molecule has 0 heterocycles. The van der Waals surface area contributed by atoms with Gasteiger partial charge in [0.1, 0.15) is 18.5 Å². The van der Waals surface area contributed by atoms with Gasteiger partial charge in [-0.25, -0.2) is 0 Å². The van der Waals surface area contributed by atoms with Gasteiger partial charge < -0.3 is 30.0 Å². The molecule has 1 aromatic carbocycles. The molecule has 0 amide bonds. The lowest BCUT2D eigenvalue weighted by Gasteiger charge is -2.14. The van der Waals surface area contributed by atoms with Gasteiger partial charge in [-0.05, 0) is 37.6 Å². The van der Waals surface area contributed by atoms with Gasteiger partial charge in [-0.1, -0.05) is 0 Å². The third-order valence-electron chi connectivity index (χ3n) is 3.62. The van der Waals surface area contributed by atoms with E-state index in [1.165, 1.54) is 12.1 Å². The Bertz CT molecular complexity index is 589. The fourth-order valence-corrected chi connectivity index (χ4v) is 2.15. The van der Waals surface area contributed by atoms with Gasteiger partial charge in [-0.2, -0.15) is 13.2 Å². The molecule has 11 heteroatoms. The smallest absolute Gasteiger partial charge is 0.416 e. The Labute approximate surface area is 192 Å². The molecular formula is C19H31F3IN3O4.